The molecule has 3 fully saturated rings. The first-order valence-electron chi connectivity index (χ1n) is 9.92. The first-order chi connectivity index (χ1) is 11.8. The third-order valence-electron chi connectivity index (χ3n) is 6.06. The summed E-state index contributed by atoms with van der Waals surface area (Å²) < 4.78 is 11.2. The summed E-state index contributed by atoms with van der Waals surface area (Å²) >= 11 is 0. The third-order valence-corrected chi connectivity index (χ3v) is 6.06. The van der Waals surface area contributed by atoms with Crippen molar-refractivity contribution in [2.45, 2.75) is 51.4 Å². The fourth-order valence-electron chi connectivity index (χ4n) is 4.52. The van der Waals surface area contributed by atoms with Gasteiger partial charge in [-0.15, -0.1) is 0 Å². The molecule has 5 nitrogen and oxygen atoms in total. The molecule has 2 heterocycles. The van der Waals surface area contributed by atoms with E-state index in [-0.39, 0.29) is 0 Å². The van der Waals surface area contributed by atoms with Crippen LogP contribution in [-0.2, 0) is 9.47 Å². The summed E-state index contributed by atoms with van der Waals surface area (Å²) in [5.74, 6) is 1.79. The van der Waals surface area contributed by atoms with Crippen LogP contribution in [0.5, 0.6) is 0 Å². The topological polar surface area (TPSA) is 46.1 Å². The number of likely N-dealkylation sites (tertiary alicyclic amines) is 1. The maximum Gasteiger partial charge on any atom is 0.193 e. The van der Waals surface area contributed by atoms with Crippen LogP contribution < -0.4 is 5.32 Å². The first kappa shape index (κ1) is 18.0. The molecule has 0 aromatic carbocycles. The van der Waals surface area contributed by atoms with Crippen molar-refractivity contribution in [1.29, 1.82) is 0 Å². The Balaban J connectivity index is 1.28. The average molecular weight is 338 g/mol. The zero-order valence-electron chi connectivity index (χ0n) is 15.4. The number of nitrogens with one attached hydrogen (secondary N) is 1. The predicted molar refractivity (Wildman–Crippen MR) is 97.4 cm³/mol. The van der Waals surface area contributed by atoms with E-state index in [0.717, 1.165) is 58.2 Å². The van der Waals surface area contributed by atoms with Crippen molar-refractivity contribution >= 4 is 5.96 Å². The number of guanidine groups is 1. The number of rotatable bonds is 6. The zero-order chi connectivity index (χ0) is 16.7. The van der Waals surface area contributed by atoms with Crippen LogP contribution in [0, 0.1) is 11.3 Å². The molecule has 0 radical (unpaired) electrons. The fraction of sp³-hybridized carbons (Fsp3) is 0.947. The van der Waals surface area contributed by atoms with Gasteiger partial charge in [0.2, 0.25) is 0 Å². The number of aliphatic imine (C=N–C) groups is 1. The van der Waals surface area contributed by atoms with Crippen LogP contribution in [0.15, 0.2) is 4.99 Å². The van der Waals surface area contributed by atoms with Gasteiger partial charge in [-0.2, -0.15) is 0 Å². The highest BCUT2D eigenvalue weighted by molar-refractivity contribution is 5.80. The van der Waals surface area contributed by atoms with Gasteiger partial charge in [-0.05, 0) is 49.9 Å². The second-order valence-electron chi connectivity index (χ2n) is 7.84. The number of ether oxygens (including phenoxy) is 2. The molecule has 3 rings (SSSR count). The highest BCUT2D eigenvalue weighted by Crippen LogP contribution is 2.45. The average Bonchev–Trinajstić information content (AvgIpc) is 3.25. The van der Waals surface area contributed by atoms with Gasteiger partial charge in [-0.1, -0.05) is 12.8 Å². The molecule has 0 bridgehead atoms. The Bertz CT molecular complexity index is 401. The van der Waals surface area contributed by atoms with Gasteiger partial charge in [0.25, 0.3) is 0 Å². The Hall–Kier alpha value is -0.810. The quantitative estimate of drug-likeness (QED) is 0.460. The highest BCUT2D eigenvalue weighted by atomic mass is 16.5. The van der Waals surface area contributed by atoms with Gasteiger partial charge in [0.1, 0.15) is 0 Å². The number of nitrogens with zero attached hydrogens (tertiary/aromatic N) is 2. The molecule has 0 atom stereocenters. The molecule has 24 heavy (non-hydrogen) atoms. The van der Waals surface area contributed by atoms with Crippen LogP contribution in [0.3, 0.4) is 0 Å². The van der Waals surface area contributed by atoms with E-state index in [9.17, 15) is 0 Å². The smallest absolute Gasteiger partial charge is 0.193 e. The molecule has 2 saturated heterocycles. The van der Waals surface area contributed by atoms with Gasteiger partial charge in [0.15, 0.2) is 5.96 Å². The Morgan fingerprint density at radius 1 is 1.25 bits per heavy atom. The van der Waals surface area contributed by atoms with Crippen LogP contribution >= 0.6 is 0 Å². The normalized spacial score (nSPS) is 24.9. The molecule has 5 heteroatoms. The molecule has 3 aliphatic rings. The Morgan fingerprint density at radius 2 is 2.04 bits per heavy atom. The molecule has 1 spiro atoms. The van der Waals surface area contributed by atoms with E-state index < -0.39 is 0 Å². The first-order valence-corrected chi connectivity index (χ1v) is 9.92. The monoisotopic (exact) mass is 337 g/mol. The summed E-state index contributed by atoms with van der Waals surface area (Å²) in [6.07, 6.45) is 10.4. The molecule has 2 aliphatic heterocycles. The summed E-state index contributed by atoms with van der Waals surface area (Å²) in [5.41, 5.74) is 0.602. The third kappa shape index (κ3) is 4.85. The van der Waals surface area contributed by atoms with Crippen LogP contribution in [0.2, 0.25) is 0 Å². The summed E-state index contributed by atoms with van der Waals surface area (Å²) in [5, 5.41) is 3.53. The molecule has 1 saturated carbocycles. The van der Waals surface area contributed by atoms with Crippen LogP contribution in [0.4, 0.5) is 0 Å². The fourth-order valence-corrected chi connectivity index (χ4v) is 4.52. The van der Waals surface area contributed by atoms with E-state index in [1.54, 1.807) is 0 Å². The van der Waals surface area contributed by atoms with Crippen molar-refractivity contribution in [3.63, 3.8) is 0 Å². The maximum absolute atomic E-state index is 5.84. The lowest BCUT2D eigenvalue weighted by molar-refractivity contribution is 0.0203. The van der Waals surface area contributed by atoms with E-state index in [2.05, 4.69) is 15.2 Å². The van der Waals surface area contributed by atoms with Crippen LogP contribution in [-0.4, -0.2) is 64.0 Å². The Kier molecular flexibility index (Phi) is 6.78. The van der Waals surface area contributed by atoms with Crippen molar-refractivity contribution in [3.8, 4) is 0 Å². The van der Waals surface area contributed by atoms with Crippen LogP contribution in [0.25, 0.3) is 0 Å². The van der Waals surface area contributed by atoms with Gasteiger partial charge in [-0.3, -0.25) is 4.99 Å². The molecular formula is C19H35N3O2. The number of hydrogen-bond donors (Lipinski definition) is 1. The summed E-state index contributed by atoms with van der Waals surface area (Å²) in [4.78, 5) is 6.96. The Morgan fingerprint density at radius 3 is 2.79 bits per heavy atom. The lowest BCUT2D eigenvalue weighted by Gasteiger charge is -2.26. The zero-order valence-corrected chi connectivity index (χ0v) is 15.4. The summed E-state index contributed by atoms with van der Waals surface area (Å²) in [6, 6.07) is 0. The standard InChI is InChI=1S/C19H35N3O2/c1-20-18(22-11-9-19(16-22)7-2-3-8-19)21-10-4-12-24-15-17-5-13-23-14-6-17/h17H,2-16H2,1H3,(H,20,21). The molecule has 1 aliphatic carbocycles. The molecule has 0 unspecified atom stereocenters. The van der Waals surface area contributed by atoms with Gasteiger partial charge in [-0.25, -0.2) is 0 Å². The minimum Gasteiger partial charge on any atom is -0.381 e. The summed E-state index contributed by atoms with van der Waals surface area (Å²) in [7, 11) is 1.91. The van der Waals surface area contributed by atoms with Gasteiger partial charge in [0.05, 0.1) is 0 Å². The molecule has 1 N–H and O–H groups in total. The molecule has 0 amide bonds. The van der Waals surface area contributed by atoms with Gasteiger partial charge < -0.3 is 19.7 Å². The van der Waals surface area contributed by atoms with Gasteiger partial charge >= 0.3 is 0 Å². The minimum absolute atomic E-state index is 0.602. The van der Waals surface area contributed by atoms with E-state index in [1.807, 2.05) is 7.05 Å². The summed E-state index contributed by atoms with van der Waals surface area (Å²) in [6.45, 7) is 6.86. The SMILES string of the molecule is CN=C(NCCCOCC1CCOCC1)N1CCC2(CCCC2)C1. The molecule has 138 valence electrons. The molecule has 0 aromatic heterocycles. The molecular weight excluding hydrogens is 302 g/mol. The second-order valence-corrected chi connectivity index (χ2v) is 7.84. The van der Waals surface area contributed by atoms with Crippen molar-refractivity contribution in [2.24, 2.45) is 16.3 Å². The minimum atomic E-state index is 0.602. The van der Waals surface area contributed by atoms with Crippen molar-refractivity contribution < 1.29 is 9.47 Å². The highest BCUT2D eigenvalue weighted by Gasteiger charge is 2.40. The largest absolute Gasteiger partial charge is 0.381 e. The van der Waals surface area contributed by atoms with Crippen molar-refractivity contribution in [3.05, 3.63) is 0 Å². The van der Waals surface area contributed by atoms with E-state index in [0.29, 0.717) is 11.3 Å². The lowest BCUT2D eigenvalue weighted by atomic mass is 9.86. The van der Waals surface area contributed by atoms with E-state index in [1.165, 1.54) is 45.2 Å². The van der Waals surface area contributed by atoms with Gasteiger partial charge in [0, 0.05) is 53.1 Å². The van der Waals surface area contributed by atoms with E-state index >= 15 is 0 Å². The lowest BCUT2D eigenvalue weighted by Crippen LogP contribution is -2.41. The predicted octanol–water partition coefficient (Wildman–Crippen LogP) is 2.66. The van der Waals surface area contributed by atoms with Crippen LogP contribution in [0.1, 0.15) is 51.4 Å². The van der Waals surface area contributed by atoms with Crippen molar-refractivity contribution in [1.82, 2.24) is 10.2 Å². The number of hydrogen-bond acceptors (Lipinski definition) is 3. The molecule has 0 aromatic rings. The van der Waals surface area contributed by atoms with Crippen molar-refractivity contribution in [2.75, 3.05) is 53.1 Å². The second kappa shape index (κ2) is 9.04. The maximum atomic E-state index is 5.84. The van der Waals surface area contributed by atoms with E-state index in [4.69, 9.17) is 9.47 Å². The Labute approximate surface area is 147 Å².